The van der Waals surface area contributed by atoms with E-state index in [-0.39, 0.29) is 18.0 Å². The van der Waals surface area contributed by atoms with E-state index in [0.29, 0.717) is 16.7 Å². The molecule has 2 heterocycles. The van der Waals surface area contributed by atoms with Crippen molar-refractivity contribution in [2.75, 3.05) is 4.90 Å². The van der Waals surface area contributed by atoms with Crippen LogP contribution in [0.2, 0.25) is 0 Å². The topological polar surface area (TPSA) is 79.5 Å². The summed E-state index contributed by atoms with van der Waals surface area (Å²) in [7, 11) is 0. The smallest absolute Gasteiger partial charge is 0.0999 e. The zero-order valence-electron chi connectivity index (χ0n) is 28.6. The average Bonchev–Trinajstić information content (AvgIpc) is 3.49. The van der Waals surface area contributed by atoms with Crippen molar-refractivity contribution in [2.24, 2.45) is 0 Å². The third kappa shape index (κ3) is 5.30. The molecule has 0 N–H and O–H groups in total. The van der Waals surface area contributed by atoms with Gasteiger partial charge in [-0.2, -0.15) is 15.8 Å². The minimum Gasteiger partial charge on any atom is -0.337 e. The molecule has 4 aromatic carbocycles. The number of anilines is 2. The van der Waals surface area contributed by atoms with Crippen LogP contribution < -0.4 is 4.90 Å². The summed E-state index contributed by atoms with van der Waals surface area (Å²) in [5.41, 5.74) is 12.0. The molecular formula is C46H35N5. The van der Waals surface area contributed by atoms with Crippen LogP contribution in [-0.2, 0) is 0 Å². The van der Waals surface area contributed by atoms with E-state index in [1.54, 1.807) is 6.07 Å². The van der Waals surface area contributed by atoms with E-state index in [1.807, 2.05) is 24.3 Å². The fraction of sp³-hybridized carbons (Fsp3) is 0.152. The molecule has 0 fully saturated rings. The average molecular weight is 658 g/mol. The number of hydrogen-bond donors (Lipinski definition) is 0. The molecule has 3 aliphatic rings. The number of hydrogen-bond acceptors (Lipinski definition) is 4. The Morgan fingerprint density at radius 1 is 0.784 bits per heavy atom. The number of nitrogens with zero attached hydrogens (tertiary/aromatic N) is 5. The third-order valence-corrected chi connectivity index (χ3v) is 10.4. The molecule has 3 unspecified atom stereocenters. The fourth-order valence-corrected chi connectivity index (χ4v) is 8.21. The van der Waals surface area contributed by atoms with Crippen molar-refractivity contribution in [2.45, 2.75) is 44.7 Å². The highest BCUT2D eigenvalue weighted by atomic mass is 15.2. The van der Waals surface area contributed by atoms with Crippen LogP contribution in [0.3, 0.4) is 0 Å². The van der Waals surface area contributed by atoms with Gasteiger partial charge in [-0.1, -0.05) is 91.1 Å². The van der Waals surface area contributed by atoms with Crippen LogP contribution in [0.25, 0.3) is 33.7 Å². The first-order valence-corrected chi connectivity index (χ1v) is 17.4. The normalized spacial score (nSPS) is 18.9. The van der Waals surface area contributed by atoms with Crippen LogP contribution in [0.4, 0.5) is 11.4 Å². The van der Waals surface area contributed by atoms with Crippen molar-refractivity contribution in [1.82, 2.24) is 4.57 Å². The van der Waals surface area contributed by atoms with E-state index in [2.05, 4.69) is 145 Å². The maximum atomic E-state index is 10.5. The van der Waals surface area contributed by atoms with E-state index in [1.165, 1.54) is 22.2 Å². The molecule has 244 valence electrons. The molecule has 1 aliphatic heterocycles. The Morgan fingerprint density at radius 2 is 1.61 bits per heavy atom. The van der Waals surface area contributed by atoms with Gasteiger partial charge in [0.15, 0.2) is 0 Å². The molecule has 0 bridgehead atoms. The summed E-state index contributed by atoms with van der Waals surface area (Å²) < 4.78 is 2.45. The second-order valence-electron chi connectivity index (χ2n) is 13.3. The maximum Gasteiger partial charge on any atom is 0.0999 e. The zero-order valence-corrected chi connectivity index (χ0v) is 28.6. The highest BCUT2D eigenvalue weighted by molar-refractivity contribution is 5.93. The molecular weight excluding hydrogens is 623 g/mol. The maximum absolute atomic E-state index is 10.5. The van der Waals surface area contributed by atoms with Gasteiger partial charge in [-0.15, -0.1) is 0 Å². The summed E-state index contributed by atoms with van der Waals surface area (Å²) >= 11 is 0. The van der Waals surface area contributed by atoms with E-state index in [0.717, 1.165) is 52.0 Å². The summed E-state index contributed by atoms with van der Waals surface area (Å²) in [4.78, 5) is 2.26. The number of rotatable bonds is 5. The second kappa shape index (κ2) is 13.0. The molecule has 5 heteroatoms. The lowest BCUT2D eigenvalue weighted by atomic mass is 9.90. The van der Waals surface area contributed by atoms with Gasteiger partial charge in [-0.3, -0.25) is 0 Å². The summed E-state index contributed by atoms with van der Waals surface area (Å²) in [6.07, 6.45) is 21.6. The van der Waals surface area contributed by atoms with E-state index >= 15 is 0 Å². The predicted octanol–water partition coefficient (Wildman–Crippen LogP) is 11.0. The number of nitriles is 3. The molecule has 0 spiro atoms. The SMILES string of the molecule is C/C=C\c1c(C)n(C2C=CC(c3cccc(-c4c(C#N)cc(C#N)cc4N4c5ccc(C#N)cc5C5C=CCC=CC54)c3)=CC2)c2ccccc12. The molecule has 3 atom stereocenters. The fourth-order valence-electron chi connectivity index (χ4n) is 8.21. The van der Waals surface area contributed by atoms with Gasteiger partial charge in [0.25, 0.3) is 0 Å². The highest BCUT2D eigenvalue weighted by Gasteiger charge is 2.39. The third-order valence-electron chi connectivity index (χ3n) is 10.4. The van der Waals surface area contributed by atoms with Crippen LogP contribution >= 0.6 is 0 Å². The molecule has 0 saturated carbocycles. The van der Waals surface area contributed by atoms with Gasteiger partial charge in [0.05, 0.1) is 52.7 Å². The largest absolute Gasteiger partial charge is 0.337 e. The molecule has 1 aromatic heterocycles. The number of aromatic nitrogens is 1. The Hall–Kier alpha value is -6.61. The van der Waals surface area contributed by atoms with Crippen LogP contribution in [0.15, 0.2) is 127 Å². The van der Waals surface area contributed by atoms with Gasteiger partial charge in [0, 0.05) is 39.3 Å². The minimum absolute atomic E-state index is 0.0307. The number of benzene rings is 4. The highest BCUT2D eigenvalue weighted by Crippen LogP contribution is 2.51. The Labute approximate surface area is 298 Å². The quantitative estimate of drug-likeness (QED) is 0.176. The van der Waals surface area contributed by atoms with E-state index in [9.17, 15) is 15.8 Å². The van der Waals surface area contributed by atoms with Crippen LogP contribution in [0, 0.1) is 40.9 Å². The van der Waals surface area contributed by atoms with Crippen molar-refractivity contribution in [3.63, 3.8) is 0 Å². The van der Waals surface area contributed by atoms with Gasteiger partial charge in [0.2, 0.25) is 0 Å². The summed E-state index contributed by atoms with van der Waals surface area (Å²) in [5, 5.41) is 31.6. The lowest BCUT2D eigenvalue weighted by Crippen LogP contribution is -2.28. The molecule has 0 amide bonds. The van der Waals surface area contributed by atoms with Crippen molar-refractivity contribution >= 4 is 33.9 Å². The van der Waals surface area contributed by atoms with Crippen molar-refractivity contribution < 1.29 is 0 Å². The van der Waals surface area contributed by atoms with Crippen LogP contribution in [0.5, 0.6) is 0 Å². The number of fused-ring (bicyclic) bond motifs is 4. The van der Waals surface area contributed by atoms with E-state index < -0.39 is 0 Å². The number of allylic oxidation sites excluding steroid dienone is 7. The van der Waals surface area contributed by atoms with Gasteiger partial charge >= 0.3 is 0 Å². The number of para-hydroxylation sites is 1. The monoisotopic (exact) mass is 657 g/mol. The van der Waals surface area contributed by atoms with Crippen molar-refractivity contribution in [3.8, 4) is 29.3 Å². The first-order valence-electron chi connectivity index (χ1n) is 17.4. The Balaban J connectivity index is 1.21. The molecule has 2 aliphatic carbocycles. The minimum atomic E-state index is -0.0717. The first kappa shape index (κ1) is 31.6. The summed E-state index contributed by atoms with van der Waals surface area (Å²) in [6.45, 7) is 4.27. The summed E-state index contributed by atoms with van der Waals surface area (Å²) in [6, 6.07) is 33.6. The molecule has 5 nitrogen and oxygen atoms in total. The van der Waals surface area contributed by atoms with Gasteiger partial charge in [0.1, 0.15) is 0 Å². The molecule has 8 rings (SSSR count). The van der Waals surface area contributed by atoms with Gasteiger partial charge < -0.3 is 9.47 Å². The predicted molar refractivity (Wildman–Crippen MR) is 206 cm³/mol. The summed E-state index contributed by atoms with van der Waals surface area (Å²) in [5.74, 6) is 0.0307. The van der Waals surface area contributed by atoms with Crippen LogP contribution in [0.1, 0.15) is 70.8 Å². The first-order chi connectivity index (χ1) is 25.0. The van der Waals surface area contributed by atoms with Gasteiger partial charge in [-0.05, 0) is 91.4 Å². The standard InChI is InChI=1S/C46H35N5/c1-3-10-38-30(2)50(42-16-8-7-14-39(38)42)37-20-18-33(19-21-37)34-11-9-12-35(26-34)46-36(29-49)23-32(28-48)25-45(46)51-43-15-6-4-5-13-40(43)41-24-31(27-47)17-22-44(41)51/h3,5-20,22-26,37,40,43H,4,21H2,1-2H3/b10-3-. The second-order valence-corrected chi connectivity index (χ2v) is 13.3. The molecule has 0 radical (unpaired) electrons. The van der Waals surface area contributed by atoms with Gasteiger partial charge in [-0.25, -0.2) is 0 Å². The van der Waals surface area contributed by atoms with E-state index in [4.69, 9.17) is 0 Å². The Morgan fingerprint density at radius 3 is 2.39 bits per heavy atom. The van der Waals surface area contributed by atoms with Crippen LogP contribution in [-0.4, -0.2) is 10.6 Å². The molecule has 51 heavy (non-hydrogen) atoms. The molecule has 0 saturated heterocycles. The van der Waals surface area contributed by atoms with Crippen molar-refractivity contribution in [1.29, 1.82) is 15.8 Å². The Kier molecular flexibility index (Phi) is 8.08. The lowest BCUT2D eigenvalue weighted by Gasteiger charge is -2.30. The Bertz CT molecular complexity index is 2520. The lowest BCUT2D eigenvalue weighted by molar-refractivity contribution is 0.615. The zero-order chi connectivity index (χ0) is 35.1. The molecule has 5 aromatic rings. The van der Waals surface area contributed by atoms with Crippen molar-refractivity contribution in [3.05, 3.63) is 167 Å².